The Morgan fingerprint density at radius 1 is 1.12 bits per heavy atom. The van der Waals surface area contributed by atoms with Crippen LogP contribution in [-0.4, -0.2) is 27.0 Å². The maximum Gasteiger partial charge on any atom is 0.270 e. The quantitative estimate of drug-likeness (QED) is 0.511. The highest BCUT2D eigenvalue weighted by atomic mass is 16.6. The van der Waals surface area contributed by atoms with Gasteiger partial charge in [0.25, 0.3) is 5.69 Å². The summed E-state index contributed by atoms with van der Waals surface area (Å²) in [6.45, 7) is 1.26. The molecule has 2 aromatic carbocycles. The largest absolute Gasteiger partial charge is 0.338 e. The lowest BCUT2D eigenvalue weighted by Gasteiger charge is -2.13. The van der Waals surface area contributed by atoms with E-state index < -0.39 is 4.92 Å². The van der Waals surface area contributed by atoms with Gasteiger partial charge in [-0.1, -0.05) is 47.6 Å². The molecule has 0 radical (unpaired) electrons. The predicted molar refractivity (Wildman–Crippen MR) is 88.0 cm³/mol. The molecular formula is C17H16N4O3. The minimum absolute atomic E-state index is 0.0000423. The number of nitro groups is 1. The van der Waals surface area contributed by atoms with Gasteiger partial charge in [0.05, 0.1) is 11.5 Å². The van der Waals surface area contributed by atoms with E-state index in [0.29, 0.717) is 23.8 Å². The van der Waals surface area contributed by atoms with E-state index in [2.05, 4.69) is 27.2 Å². The zero-order valence-corrected chi connectivity index (χ0v) is 13.1. The average molecular weight is 324 g/mol. The van der Waals surface area contributed by atoms with Crippen LogP contribution in [0.4, 0.5) is 5.69 Å². The topological polar surface area (TPSA) is 85.3 Å². The fraction of sp³-hybridized carbons (Fsp3) is 0.176. The van der Waals surface area contributed by atoms with Gasteiger partial charge in [0.1, 0.15) is 0 Å². The fourth-order valence-corrected chi connectivity index (χ4v) is 2.38. The highest BCUT2D eigenvalue weighted by Gasteiger charge is 2.13. The molecule has 7 nitrogen and oxygen atoms in total. The molecule has 0 saturated carbocycles. The third-order valence-corrected chi connectivity index (χ3v) is 3.48. The van der Waals surface area contributed by atoms with Crippen molar-refractivity contribution in [3.05, 3.63) is 76.2 Å². The molecule has 0 unspecified atom stereocenters. The van der Waals surface area contributed by atoms with Crippen LogP contribution in [0.1, 0.15) is 11.5 Å². The highest BCUT2D eigenvalue weighted by molar-refractivity contribution is 5.58. The van der Waals surface area contributed by atoms with Crippen molar-refractivity contribution in [2.75, 3.05) is 7.05 Å². The minimum Gasteiger partial charge on any atom is -0.338 e. The summed E-state index contributed by atoms with van der Waals surface area (Å²) in [6.07, 6.45) is 0. The van der Waals surface area contributed by atoms with Crippen molar-refractivity contribution in [1.82, 2.24) is 15.0 Å². The average Bonchev–Trinajstić information content (AvgIpc) is 3.04. The predicted octanol–water partition coefficient (Wildman–Crippen LogP) is 3.28. The Labute approximate surface area is 138 Å². The molecule has 0 N–H and O–H groups in total. The molecule has 0 spiro atoms. The molecule has 3 aromatic rings. The van der Waals surface area contributed by atoms with Gasteiger partial charge in [-0.15, -0.1) is 0 Å². The lowest BCUT2D eigenvalue weighted by molar-refractivity contribution is -0.384. The van der Waals surface area contributed by atoms with Gasteiger partial charge < -0.3 is 4.52 Å². The second-order valence-corrected chi connectivity index (χ2v) is 5.48. The Bertz CT molecular complexity index is 833. The van der Waals surface area contributed by atoms with Crippen molar-refractivity contribution >= 4 is 5.69 Å². The van der Waals surface area contributed by atoms with E-state index in [9.17, 15) is 10.1 Å². The molecule has 0 amide bonds. The van der Waals surface area contributed by atoms with Gasteiger partial charge in [0.2, 0.25) is 11.7 Å². The van der Waals surface area contributed by atoms with Gasteiger partial charge in [-0.3, -0.25) is 15.0 Å². The van der Waals surface area contributed by atoms with Crippen molar-refractivity contribution in [3.8, 4) is 11.4 Å². The van der Waals surface area contributed by atoms with Crippen LogP contribution in [0.2, 0.25) is 0 Å². The Balaban J connectivity index is 1.69. The Morgan fingerprint density at radius 2 is 1.92 bits per heavy atom. The molecule has 7 heteroatoms. The number of non-ortho nitro benzene ring substituents is 1. The van der Waals surface area contributed by atoms with Crippen LogP contribution < -0.4 is 0 Å². The minimum atomic E-state index is -0.446. The normalized spacial score (nSPS) is 10.9. The van der Waals surface area contributed by atoms with Crippen LogP contribution in [0.5, 0.6) is 0 Å². The van der Waals surface area contributed by atoms with Gasteiger partial charge in [-0.25, -0.2) is 0 Å². The van der Waals surface area contributed by atoms with E-state index in [1.165, 1.54) is 17.7 Å². The monoisotopic (exact) mass is 324 g/mol. The van der Waals surface area contributed by atoms with Gasteiger partial charge in [0, 0.05) is 24.2 Å². The molecule has 0 saturated heterocycles. The van der Waals surface area contributed by atoms with E-state index in [0.717, 1.165) is 6.54 Å². The van der Waals surface area contributed by atoms with Crippen LogP contribution in [-0.2, 0) is 13.1 Å². The molecule has 24 heavy (non-hydrogen) atoms. The number of benzene rings is 2. The van der Waals surface area contributed by atoms with Gasteiger partial charge >= 0.3 is 0 Å². The zero-order chi connectivity index (χ0) is 16.9. The Hall–Kier alpha value is -3.06. The van der Waals surface area contributed by atoms with Gasteiger partial charge in [-0.05, 0) is 12.6 Å². The van der Waals surface area contributed by atoms with E-state index in [1.807, 2.05) is 25.2 Å². The van der Waals surface area contributed by atoms with Crippen LogP contribution in [0.15, 0.2) is 59.1 Å². The molecule has 0 aliphatic rings. The molecule has 0 aliphatic carbocycles. The van der Waals surface area contributed by atoms with Crippen LogP contribution in [0.25, 0.3) is 11.4 Å². The van der Waals surface area contributed by atoms with Crippen LogP contribution >= 0.6 is 0 Å². The molecule has 1 aromatic heterocycles. The summed E-state index contributed by atoms with van der Waals surface area (Å²) >= 11 is 0. The lowest BCUT2D eigenvalue weighted by atomic mass is 10.2. The van der Waals surface area contributed by atoms with Crippen LogP contribution in [0.3, 0.4) is 0 Å². The number of rotatable bonds is 6. The van der Waals surface area contributed by atoms with Crippen molar-refractivity contribution in [3.63, 3.8) is 0 Å². The summed E-state index contributed by atoms with van der Waals surface area (Å²) < 4.78 is 5.26. The van der Waals surface area contributed by atoms with Gasteiger partial charge in [0.15, 0.2) is 0 Å². The van der Waals surface area contributed by atoms with Crippen molar-refractivity contribution in [2.45, 2.75) is 13.1 Å². The van der Waals surface area contributed by atoms with Crippen molar-refractivity contribution in [1.29, 1.82) is 0 Å². The number of nitrogens with zero attached hydrogens (tertiary/aromatic N) is 4. The van der Waals surface area contributed by atoms with Crippen LogP contribution in [0, 0.1) is 10.1 Å². The summed E-state index contributed by atoms with van der Waals surface area (Å²) in [4.78, 5) is 16.8. The summed E-state index contributed by atoms with van der Waals surface area (Å²) in [5.74, 6) is 0.816. The first-order chi connectivity index (χ1) is 11.6. The molecular weight excluding hydrogens is 308 g/mol. The standard InChI is InChI=1S/C17H16N4O3/c1-20(11-13-6-3-2-4-7-13)12-16-18-17(19-24-16)14-8-5-9-15(10-14)21(22)23/h2-10H,11-12H2,1H3. The second kappa shape index (κ2) is 7.01. The van der Waals surface area contributed by atoms with E-state index in [1.54, 1.807) is 12.1 Å². The maximum atomic E-state index is 10.8. The summed E-state index contributed by atoms with van der Waals surface area (Å²) in [6, 6.07) is 16.3. The third kappa shape index (κ3) is 3.82. The third-order valence-electron chi connectivity index (χ3n) is 3.48. The number of hydrogen-bond donors (Lipinski definition) is 0. The van der Waals surface area contributed by atoms with Crippen molar-refractivity contribution < 1.29 is 9.45 Å². The maximum absolute atomic E-state index is 10.8. The first-order valence-electron chi connectivity index (χ1n) is 7.42. The fourth-order valence-electron chi connectivity index (χ4n) is 2.38. The van der Waals surface area contributed by atoms with Gasteiger partial charge in [-0.2, -0.15) is 4.98 Å². The highest BCUT2D eigenvalue weighted by Crippen LogP contribution is 2.21. The summed E-state index contributed by atoms with van der Waals surface area (Å²) in [5.41, 5.74) is 1.75. The summed E-state index contributed by atoms with van der Waals surface area (Å²) in [5, 5.41) is 14.8. The Kier molecular flexibility index (Phi) is 4.62. The molecule has 0 atom stereocenters. The Morgan fingerprint density at radius 3 is 2.67 bits per heavy atom. The lowest BCUT2D eigenvalue weighted by Crippen LogP contribution is -2.17. The SMILES string of the molecule is CN(Cc1ccccc1)Cc1nc(-c2cccc([N+](=O)[O-])c2)no1. The molecule has 0 aliphatic heterocycles. The molecule has 3 rings (SSSR count). The van der Waals surface area contributed by atoms with E-state index in [4.69, 9.17) is 4.52 Å². The number of nitro benzene ring substituents is 1. The smallest absolute Gasteiger partial charge is 0.270 e. The first-order valence-corrected chi connectivity index (χ1v) is 7.42. The summed E-state index contributed by atoms with van der Waals surface area (Å²) in [7, 11) is 1.96. The second-order valence-electron chi connectivity index (χ2n) is 5.48. The molecule has 122 valence electrons. The first kappa shape index (κ1) is 15.8. The zero-order valence-electron chi connectivity index (χ0n) is 13.1. The molecule has 1 heterocycles. The van der Waals surface area contributed by atoms with Crippen molar-refractivity contribution in [2.24, 2.45) is 0 Å². The number of aromatic nitrogens is 2. The molecule has 0 bridgehead atoms. The molecule has 0 fully saturated rings. The number of hydrogen-bond acceptors (Lipinski definition) is 6. The van der Waals surface area contributed by atoms with E-state index >= 15 is 0 Å². The van der Waals surface area contributed by atoms with E-state index in [-0.39, 0.29) is 5.69 Å².